The molecule has 0 aliphatic carbocycles. The van der Waals surface area contributed by atoms with Gasteiger partial charge in [-0.2, -0.15) is 0 Å². The van der Waals surface area contributed by atoms with Crippen LogP contribution in [0.4, 0.5) is 0 Å². The highest BCUT2D eigenvalue weighted by Gasteiger charge is 2.23. The molecule has 1 saturated heterocycles. The highest BCUT2D eigenvalue weighted by atomic mass is 16.5. The van der Waals surface area contributed by atoms with E-state index in [0.717, 1.165) is 37.4 Å². The Kier molecular flexibility index (Phi) is 5.19. The summed E-state index contributed by atoms with van der Waals surface area (Å²) in [5.74, 6) is 1.25. The van der Waals surface area contributed by atoms with Crippen molar-refractivity contribution in [3.05, 3.63) is 29.8 Å². The van der Waals surface area contributed by atoms with E-state index in [0.29, 0.717) is 19.1 Å². The molecule has 106 valence electrons. The number of nitrogens with zero attached hydrogens (tertiary/aromatic N) is 1. The largest absolute Gasteiger partial charge is 0.492 e. The van der Waals surface area contributed by atoms with Crippen LogP contribution in [0.3, 0.4) is 0 Å². The van der Waals surface area contributed by atoms with Crippen molar-refractivity contribution in [2.75, 3.05) is 26.2 Å². The fourth-order valence-corrected chi connectivity index (χ4v) is 2.44. The van der Waals surface area contributed by atoms with Crippen molar-refractivity contribution >= 4 is 0 Å². The molecule has 0 spiro atoms. The zero-order chi connectivity index (χ0) is 13.7. The molecule has 1 aliphatic rings. The molecule has 1 aromatic carbocycles. The Morgan fingerprint density at radius 1 is 1.37 bits per heavy atom. The third-order valence-electron chi connectivity index (χ3n) is 3.78. The number of likely N-dealkylation sites (tertiary alicyclic amines) is 1. The lowest BCUT2D eigenvalue weighted by Crippen LogP contribution is -2.43. The number of benzene rings is 1. The van der Waals surface area contributed by atoms with Crippen molar-refractivity contribution < 1.29 is 9.84 Å². The number of aliphatic hydroxyl groups excluding tert-OH is 1. The van der Waals surface area contributed by atoms with Gasteiger partial charge in [0.05, 0.1) is 6.10 Å². The molecule has 4 nitrogen and oxygen atoms in total. The summed E-state index contributed by atoms with van der Waals surface area (Å²) < 4.78 is 5.73. The summed E-state index contributed by atoms with van der Waals surface area (Å²) in [5.41, 5.74) is 6.67. The third-order valence-corrected chi connectivity index (χ3v) is 3.78. The smallest absolute Gasteiger partial charge is 0.119 e. The van der Waals surface area contributed by atoms with Gasteiger partial charge in [0.15, 0.2) is 0 Å². The number of rotatable bonds is 5. The van der Waals surface area contributed by atoms with Crippen molar-refractivity contribution in [3.63, 3.8) is 0 Å². The first-order valence-electron chi connectivity index (χ1n) is 7.01. The summed E-state index contributed by atoms with van der Waals surface area (Å²) in [5, 5.41) is 9.68. The highest BCUT2D eigenvalue weighted by Crippen LogP contribution is 2.16. The summed E-state index contributed by atoms with van der Waals surface area (Å²) in [6.07, 6.45) is 0.729. The molecule has 19 heavy (non-hydrogen) atoms. The maximum atomic E-state index is 9.68. The Bertz CT molecular complexity index is 380. The van der Waals surface area contributed by atoms with Gasteiger partial charge in [0.1, 0.15) is 12.4 Å². The second-order valence-electron chi connectivity index (χ2n) is 5.33. The van der Waals surface area contributed by atoms with Crippen LogP contribution in [-0.2, 0) is 6.54 Å². The average molecular weight is 264 g/mol. The van der Waals surface area contributed by atoms with Crippen LogP contribution >= 0.6 is 0 Å². The topological polar surface area (TPSA) is 58.7 Å². The van der Waals surface area contributed by atoms with Crippen molar-refractivity contribution in [1.29, 1.82) is 0 Å². The van der Waals surface area contributed by atoms with E-state index in [2.05, 4.69) is 11.8 Å². The average Bonchev–Trinajstić information content (AvgIpc) is 2.43. The molecule has 2 unspecified atom stereocenters. The molecule has 0 radical (unpaired) electrons. The molecule has 4 heteroatoms. The maximum Gasteiger partial charge on any atom is 0.119 e. The molecule has 1 heterocycles. The fourth-order valence-electron chi connectivity index (χ4n) is 2.44. The van der Waals surface area contributed by atoms with Crippen LogP contribution in [0.25, 0.3) is 0 Å². The van der Waals surface area contributed by atoms with Gasteiger partial charge < -0.3 is 15.6 Å². The lowest BCUT2D eigenvalue weighted by Gasteiger charge is -2.34. The van der Waals surface area contributed by atoms with E-state index in [-0.39, 0.29) is 6.10 Å². The predicted octanol–water partition coefficient (Wildman–Crippen LogP) is 1.23. The monoisotopic (exact) mass is 264 g/mol. The maximum absolute atomic E-state index is 9.68. The minimum Gasteiger partial charge on any atom is -0.492 e. The van der Waals surface area contributed by atoms with Crippen molar-refractivity contribution in [2.24, 2.45) is 11.7 Å². The molecule has 0 bridgehead atoms. The first-order valence-corrected chi connectivity index (χ1v) is 7.01. The number of ether oxygens (including phenoxy) is 1. The summed E-state index contributed by atoms with van der Waals surface area (Å²) in [6.45, 7) is 6.18. The molecule has 0 amide bonds. The van der Waals surface area contributed by atoms with E-state index < -0.39 is 0 Å². The molecule has 1 aliphatic heterocycles. The van der Waals surface area contributed by atoms with Crippen molar-refractivity contribution in [2.45, 2.75) is 26.0 Å². The molecule has 3 N–H and O–H groups in total. The Labute approximate surface area is 115 Å². The molecule has 1 fully saturated rings. The number of aliphatic hydroxyl groups is 1. The van der Waals surface area contributed by atoms with Gasteiger partial charge in [0, 0.05) is 26.2 Å². The Hall–Kier alpha value is -1.10. The van der Waals surface area contributed by atoms with Crippen LogP contribution in [0, 0.1) is 5.92 Å². The number of hydrogen-bond acceptors (Lipinski definition) is 4. The minimum absolute atomic E-state index is 0.138. The van der Waals surface area contributed by atoms with Crippen molar-refractivity contribution in [1.82, 2.24) is 4.90 Å². The van der Waals surface area contributed by atoms with Gasteiger partial charge in [-0.3, -0.25) is 4.90 Å². The summed E-state index contributed by atoms with van der Waals surface area (Å²) in [6, 6.07) is 7.92. The van der Waals surface area contributed by atoms with Gasteiger partial charge in [-0.1, -0.05) is 19.1 Å². The molecular weight excluding hydrogens is 240 g/mol. The van der Waals surface area contributed by atoms with E-state index >= 15 is 0 Å². The van der Waals surface area contributed by atoms with E-state index in [9.17, 15) is 5.11 Å². The zero-order valence-corrected chi connectivity index (χ0v) is 11.6. The molecule has 1 aromatic rings. The van der Waals surface area contributed by atoms with Gasteiger partial charge in [0.2, 0.25) is 0 Å². The first-order chi connectivity index (χ1) is 9.19. The molecular formula is C15H24N2O2. The number of nitrogens with two attached hydrogens (primary N) is 1. The van der Waals surface area contributed by atoms with E-state index in [1.165, 1.54) is 0 Å². The quantitative estimate of drug-likeness (QED) is 0.840. The number of hydrogen-bond donors (Lipinski definition) is 2. The SMILES string of the molecule is CC1CN(CCOc2ccc(CN)cc2)CCC1O. The predicted molar refractivity (Wildman–Crippen MR) is 76.1 cm³/mol. The third kappa shape index (κ3) is 4.20. The van der Waals surface area contributed by atoms with Gasteiger partial charge in [0.25, 0.3) is 0 Å². The van der Waals surface area contributed by atoms with Crippen LogP contribution < -0.4 is 10.5 Å². The van der Waals surface area contributed by atoms with Crippen molar-refractivity contribution in [3.8, 4) is 5.75 Å². The molecule has 0 saturated carbocycles. The lowest BCUT2D eigenvalue weighted by atomic mass is 9.97. The molecule has 2 atom stereocenters. The second-order valence-corrected chi connectivity index (χ2v) is 5.33. The van der Waals surface area contributed by atoms with Crippen LogP contribution in [0.1, 0.15) is 18.9 Å². The number of piperidine rings is 1. The van der Waals surface area contributed by atoms with E-state index in [1.807, 2.05) is 24.3 Å². The van der Waals surface area contributed by atoms with Crippen LogP contribution in [0.2, 0.25) is 0 Å². The van der Waals surface area contributed by atoms with Gasteiger partial charge in [-0.15, -0.1) is 0 Å². The van der Waals surface area contributed by atoms with Gasteiger partial charge in [-0.05, 0) is 30.0 Å². The zero-order valence-electron chi connectivity index (χ0n) is 11.6. The lowest BCUT2D eigenvalue weighted by molar-refractivity contribution is 0.0304. The molecule has 2 rings (SSSR count). The standard InChI is InChI=1S/C15H24N2O2/c1-12-11-17(7-6-15(12)18)8-9-19-14-4-2-13(10-16)3-5-14/h2-5,12,15,18H,6-11,16H2,1H3. The highest BCUT2D eigenvalue weighted by molar-refractivity contribution is 5.27. The van der Waals surface area contributed by atoms with E-state index in [4.69, 9.17) is 10.5 Å². The van der Waals surface area contributed by atoms with Crippen LogP contribution in [0.15, 0.2) is 24.3 Å². The Morgan fingerprint density at radius 3 is 2.74 bits per heavy atom. The van der Waals surface area contributed by atoms with Crippen LogP contribution in [-0.4, -0.2) is 42.4 Å². The second kappa shape index (κ2) is 6.89. The summed E-state index contributed by atoms with van der Waals surface area (Å²) in [4.78, 5) is 2.35. The summed E-state index contributed by atoms with van der Waals surface area (Å²) in [7, 11) is 0. The molecule has 0 aromatic heterocycles. The minimum atomic E-state index is -0.138. The summed E-state index contributed by atoms with van der Waals surface area (Å²) >= 11 is 0. The van der Waals surface area contributed by atoms with Gasteiger partial charge >= 0.3 is 0 Å². The van der Waals surface area contributed by atoms with E-state index in [1.54, 1.807) is 0 Å². The Morgan fingerprint density at radius 2 is 2.11 bits per heavy atom. The fraction of sp³-hybridized carbons (Fsp3) is 0.600. The van der Waals surface area contributed by atoms with Gasteiger partial charge in [-0.25, -0.2) is 0 Å². The Balaban J connectivity index is 1.71. The van der Waals surface area contributed by atoms with Crippen LogP contribution in [0.5, 0.6) is 5.75 Å². The first kappa shape index (κ1) is 14.3. The normalized spacial score (nSPS) is 24.4.